The van der Waals surface area contributed by atoms with Crippen LogP contribution in [0.15, 0.2) is 18.2 Å². The molecule has 7 nitrogen and oxygen atoms in total. The molecule has 0 spiro atoms. The number of nitro groups is 1. The molecule has 1 rings (SSSR count). The minimum absolute atomic E-state index is 0.123. The van der Waals surface area contributed by atoms with Gasteiger partial charge in [-0.2, -0.15) is 0 Å². The second kappa shape index (κ2) is 6.90. The van der Waals surface area contributed by atoms with Crippen LogP contribution >= 0.6 is 11.6 Å². The van der Waals surface area contributed by atoms with Crippen LogP contribution < -0.4 is 5.48 Å². The Balaban J connectivity index is 2.76. The molecule has 0 saturated heterocycles. The van der Waals surface area contributed by atoms with Crippen molar-refractivity contribution in [2.24, 2.45) is 0 Å². The number of carbonyl (C=O) groups excluding carboxylic acids is 1. The topological polar surface area (TPSA) is 90.7 Å². The molecule has 0 heterocycles. The van der Waals surface area contributed by atoms with Crippen molar-refractivity contribution >= 4 is 23.2 Å². The lowest BCUT2D eigenvalue weighted by molar-refractivity contribution is -0.385. The van der Waals surface area contributed by atoms with E-state index in [1.54, 1.807) is 0 Å². The number of ether oxygens (including phenoxy) is 1. The lowest BCUT2D eigenvalue weighted by atomic mass is 10.2. The van der Waals surface area contributed by atoms with Gasteiger partial charge in [-0.05, 0) is 12.1 Å². The molecule has 0 aliphatic heterocycles. The summed E-state index contributed by atoms with van der Waals surface area (Å²) in [6, 6.07) is 3.75. The maximum Gasteiger partial charge on any atom is 0.283 e. The van der Waals surface area contributed by atoms with Gasteiger partial charge < -0.3 is 4.74 Å². The van der Waals surface area contributed by atoms with Gasteiger partial charge in [-0.15, -0.1) is 0 Å². The molecule has 0 aromatic heterocycles. The Morgan fingerprint density at radius 1 is 1.50 bits per heavy atom. The summed E-state index contributed by atoms with van der Waals surface area (Å²) >= 11 is 5.63. The van der Waals surface area contributed by atoms with Crippen LogP contribution in [0.5, 0.6) is 0 Å². The van der Waals surface area contributed by atoms with Gasteiger partial charge in [0.05, 0.1) is 18.1 Å². The van der Waals surface area contributed by atoms with Crippen LogP contribution in [0.4, 0.5) is 5.69 Å². The number of hydrogen-bond acceptors (Lipinski definition) is 5. The highest BCUT2D eigenvalue weighted by Gasteiger charge is 2.20. The quantitative estimate of drug-likeness (QED) is 0.483. The molecular formula is C10H11ClN2O5. The zero-order chi connectivity index (χ0) is 13.5. The first-order valence-electron chi connectivity index (χ1n) is 4.91. The fourth-order valence-corrected chi connectivity index (χ4v) is 1.31. The van der Waals surface area contributed by atoms with Crippen molar-refractivity contribution in [2.45, 2.75) is 0 Å². The van der Waals surface area contributed by atoms with Crippen LogP contribution in [-0.2, 0) is 9.57 Å². The Bertz CT molecular complexity index is 452. The number of nitro benzene ring substituents is 1. The summed E-state index contributed by atoms with van der Waals surface area (Å²) in [6.45, 7) is 0.437. The maximum absolute atomic E-state index is 11.6. The van der Waals surface area contributed by atoms with Crippen molar-refractivity contribution in [1.82, 2.24) is 5.48 Å². The Hall–Kier alpha value is -1.70. The van der Waals surface area contributed by atoms with Crippen molar-refractivity contribution in [3.8, 4) is 0 Å². The van der Waals surface area contributed by atoms with Gasteiger partial charge in [0.25, 0.3) is 11.6 Å². The van der Waals surface area contributed by atoms with Crippen molar-refractivity contribution in [1.29, 1.82) is 0 Å². The molecule has 0 aliphatic rings. The van der Waals surface area contributed by atoms with Crippen LogP contribution in [0, 0.1) is 10.1 Å². The van der Waals surface area contributed by atoms with Gasteiger partial charge in [0, 0.05) is 18.2 Å². The fourth-order valence-electron chi connectivity index (χ4n) is 1.14. The molecule has 98 valence electrons. The fraction of sp³-hybridized carbons (Fsp3) is 0.300. The molecule has 1 aromatic rings. The highest BCUT2D eigenvalue weighted by atomic mass is 35.5. The number of nitrogens with one attached hydrogen (secondary N) is 1. The van der Waals surface area contributed by atoms with Gasteiger partial charge in [0.2, 0.25) is 0 Å². The average molecular weight is 275 g/mol. The number of halogens is 1. The highest BCUT2D eigenvalue weighted by Crippen LogP contribution is 2.22. The summed E-state index contributed by atoms with van der Waals surface area (Å²) < 4.78 is 4.71. The van der Waals surface area contributed by atoms with E-state index in [0.29, 0.717) is 6.61 Å². The van der Waals surface area contributed by atoms with Crippen LogP contribution in [-0.4, -0.2) is 31.2 Å². The minimum atomic E-state index is -0.713. The normalized spacial score (nSPS) is 10.1. The van der Waals surface area contributed by atoms with Crippen molar-refractivity contribution in [3.05, 3.63) is 38.9 Å². The molecule has 0 aliphatic carbocycles. The highest BCUT2D eigenvalue weighted by molar-refractivity contribution is 6.31. The second-order valence-electron chi connectivity index (χ2n) is 3.19. The molecule has 0 fully saturated rings. The van der Waals surface area contributed by atoms with E-state index in [-0.39, 0.29) is 22.9 Å². The molecule has 0 radical (unpaired) electrons. The summed E-state index contributed by atoms with van der Waals surface area (Å²) in [6.07, 6.45) is 0. The molecule has 1 N–H and O–H groups in total. The number of benzene rings is 1. The van der Waals surface area contributed by atoms with E-state index in [1.807, 2.05) is 0 Å². The summed E-state index contributed by atoms with van der Waals surface area (Å²) in [5.74, 6) is -0.713. The molecule has 8 heteroatoms. The minimum Gasteiger partial charge on any atom is -0.382 e. The van der Waals surface area contributed by atoms with Gasteiger partial charge in [0.15, 0.2) is 0 Å². The summed E-state index contributed by atoms with van der Waals surface area (Å²) in [7, 11) is 1.48. The van der Waals surface area contributed by atoms with Crippen molar-refractivity contribution in [3.63, 3.8) is 0 Å². The predicted octanol–water partition coefficient (Wildman–Crippen LogP) is 1.56. The standard InChI is InChI=1S/C10H11ClN2O5/c1-17-4-5-18-12-10(14)8-3-2-7(11)6-9(8)13(15)16/h2-3,6H,4-5H2,1H3,(H,12,14). The molecule has 0 atom stereocenters. The number of methoxy groups -OCH3 is 1. The van der Waals surface area contributed by atoms with E-state index >= 15 is 0 Å². The van der Waals surface area contributed by atoms with Gasteiger partial charge >= 0.3 is 0 Å². The third-order valence-electron chi connectivity index (χ3n) is 1.96. The third-order valence-corrected chi connectivity index (χ3v) is 2.19. The zero-order valence-electron chi connectivity index (χ0n) is 9.51. The van der Waals surface area contributed by atoms with E-state index in [1.165, 1.54) is 19.2 Å². The van der Waals surface area contributed by atoms with Crippen LogP contribution in [0.1, 0.15) is 10.4 Å². The number of amides is 1. The first-order chi connectivity index (χ1) is 8.56. The Labute approximate surface area is 108 Å². The number of hydrogen-bond donors (Lipinski definition) is 1. The smallest absolute Gasteiger partial charge is 0.283 e. The van der Waals surface area contributed by atoms with E-state index in [4.69, 9.17) is 21.2 Å². The van der Waals surface area contributed by atoms with E-state index in [0.717, 1.165) is 6.07 Å². The first kappa shape index (κ1) is 14.4. The lowest BCUT2D eigenvalue weighted by Gasteiger charge is -2.06. The number of hydroxylamine groups is 1. The van der Waals surface area contributed by atoms with Gasteiger partial charge in [0.1, 0.15) is 5.56 Å². The Kier molecular flexibility index (Phi) is 5.50. The molecule has 0 unspecified atom stereocenters. The third kappa shape index (κ3) is 3.95. The summed E-state index contributed by atoms with van der Waals surface area (Å²) in [5.41, 5.74) is 1.58. The molecule has 0 saturated carbocycles. The van der Waals surface area contributed by atoms with Crippen LogP contribution in [0.2, 0.25) is 5.02 Å². The summed E-state index contributed by atoms with van der Waals surface area (Å²) in [4.78, 5) is 26.5. The Morgan fingerprint density at radius 3 is 2.83 bits per heavy atom. The molecule has 18 heavy (non-hydrogen) atoms. The van der Waals surface area contributed by atoms with Crippen molar-refractivity contribution in [2.75, 3.05) is 20.3 Å². The SMILES string of the molecule is COCCONC(=O)c1ccc(Cl)cc1[N+](=O)[O-]. The van der Waals surface area contributed by atoms with Gasteiger partial charge in [-0.3, -0.25) is 19.7 Å². The van der Waals surface area contributed by atoms with Gasteiger partial charge in [-0.1, -0.05) is 11.6 Å². The van der Waals surface area contributed by atoms with E-state index < -0.39 is 10.8 Å². The number of nitrogens with zero attached hydrogens (tertiary/aromatic N) is 1. The molecular weight excluding hydrogens is 264 g/mol. The zero-order valence-corrected chi connectivity index (χ0v) is 10.3. The van der Waals surface area contributed by atoms with E-state index in [9.17, 15) is 14.9 Å². The maximum atomic E-state index is 11.6. The monoisotopic (exact) mass is 274 g/mol. The van der Waals surface area contributed by atoms with Crippen LogP contribution in [0.25, 0.3) is 0 Å². The molecule has 1 amide bonds. The Morgan fingerprint density at radius 2 is 2.22 bits per heavy atom. The largest absolute Gasteiger partial charge is 0.382 e. The number of carbonyl (C=O) groups is 1. The van der Waals surface area contributed by atoms with Crippen molar-refractivity contribution < 1.29 is 19.3 Å². The average Bonchev–Trinajstić information content (AvgIpc) is 2.34. The number of rotatable bonds is 6. The second-order valence-corrected chi connectivity index (χ2v) is 3.63. The lowest BCUT2D eigenvalue weighted by Crippen LogP contribution is -2.26. The van der Waals surface area contributed by atoms with E-state index in [2.05, 4.69) is 5.48 Å². The molecule has 1 aromatic carbocycles. The summed E-state index contributed by atoms with van der Waals surface area (Å²) in [5, 5.41) is 10.9. The predicted molar refractivity (Wildman–Crippen MR) is 63.4 cm³/mol. The van der Waals surface area contributed by atoms with Gasteiger partial charge in [-0.25, -0.2) is 5.48 Å². The molecule has 0 bridgehead atoms. The van der Waals surface area contributed by atoms with Crippen LogP contribution in [0.3, 0.4) is 0 Å². The first-order valence-corrected chi connectivity index (χ1v) is 5.29.